The minimum atomic E-state index is -0.237. The van der Waals surface area contributed by atoms with Gasteiger partial charge in [0.2, 0.25) is 5.91 Å². The van der Waals surface area contributed by atoms with Crippen LogP contribution in [0.2, 0.25) is 0 Å². The first-order valence-corrected chi connectivity index (χ1v) is 7.87. The van der Waals surface area contributed by atoms with Gasteiger partial charge in [-0.2, -0.15) is 0 Å². The molecule has 0 aliphatic carbocycles. The average Bonchev–Trinajstić information content (AvgIpc) is 2.89. The van der Waals surface area contributed by atoms with Gasteiger partial charge in [0.1, 0.15) is 0 Å². The first-order chi connectivity index (χ1) is 9.96. The van der Waals surface area contributed by atoms with Crippen molar-refractivity contribution in [3.8, 4) is 0 Å². The van der Waals surface area contributed by atoms with Crippen LogP contribution in [0.4, 0.5) is 0 Å². The Morgan fingerprint density at radius 1 is 1.29 bits per heavy atom. The molecule has 1 rings (SSSR count). The summed E-state index contributed by atoms with van der Waals surface area (Å²) in [4.78, 5) is 25.1. The van der Waals surface area contributed by atoms with Gasteiger partial charge in [0.25, 0.3) is 0 Å². The number of rotatable bonds is 8. The molecular weight excluding hydrogens is 288 g/mol. The van der Waals surface area contributed by atoms with E-state index in [1.165, 1.54) is 7.11 Å². The zero-order chi connectivity index (χ0) is 15.8. The van der Waals surface area contributed by atoms with E-state index in [9.17, 15) is 9.59 Å². The summed E-state index contributed by atoms with van der Waals surface area (Å²) in [5, 5.41) is 5.97. The summed E-state index contributed by atoms with van der Waals surface area (Å²) in [7, 11) is 3.04. The Hall–Kier alpha value is -1.40. The van der Waals surface area contributed by atoms with Gasteiger partial charge in [-0.15, -0.1) is 11.3 Å². The number of carbonyl (C=O) groups excluding carboxylic acids is 2. The predicted octanol–water partition coefficient (Wildman–Crippen LogP) is 1.71. The van der Waals surface area contributed by atoms with Crippen LogP contribution in [0.25, 0.3) is 0 Å². The summed E-state index contributed by atoms with van der Waals surface area (Å²) in [5.41, 5.74) is 0. The third-order valence-electron chi connectivity index (χ3n) is 3.06. The van der Waals surface area contributed by atoms with Crippen LogP contribution >= 0.6 is 11.3 Å². The molecule has 0 bridgehead atoms. The van der Waals surface area contributed by atoms with Crippen molar-refractivity contribution in [1.82, 2.24) is 10.6 Å². The second-order valence-electron chi connectivity index (χ2n) is 5.30. The molecule has 118 valence electrons. The molecule has 1 atom stereocenters. The second-order valence-corrected chi connectivity index (χ2v) is 6.55. The fourth-order valence-corrected chi connectivity index (χ4v) is 2.93. The average molecular weight is 312 g/mol. The molecule has 1 unspecified atom stereocenters. The number of likely N-dealkylation sites (N-methyl/N-ethyl adjacent to an activating group) is 1. The van der Waals surface area contributed by atoms with Crippen LogP contribution in [0, 0.1) is 5.92 Å². The molecule has 0 aromatic carbocycles. The number of esters is 1. The fourth-order valence-electron chi connectivity index (χ4n) is 1.98. The van der Waals surface area contributed by atoms with Gasteiger partial charge in [0.05, 0.1) is 19.6 Å². The van der Waals surface area contributed by atoms with E-state index in [0.717, 1.165) is 16.2 Å². The maximum atomic E-state index is 11.8. The predicted molar refractivity (Wildman–Crippen MR) is 84.2 cm³/mol. The summed E-state index contributed by atoms with van der Waals surface area (Å²) in [6.07, 6.45) is 1.09. The molecule has 2 N–H and O–H groups in total. The normalized spacial score (nSPS) is 12.2. The maximum absolute atomic E-state index is 11.8. The van der Waals surface area contributed by atoms with Crippen molar-refractivity contribution in [2.75, 3.05) is 14.2 Å². The summed E-state index contributed by atoms with van der Waals surface area (Å²) in [6.45, 7) is 4.81. The van der Waals surface area contributed by atoms with Crippen molar-refractivity contribution in [3.05, 3.63) is 21.9 Å². The third-order valence-corrected chi connectivity index (χ3v) is 4.14. The number of methoxy groups -OCH3 is 1. The van der Waals surface area contributed by atoms with E-state index in [1.54, 1.807) is 18.4 Å². The highest BCUT2D eigenvalue weighted by Gasteiger charge is 2.18. The Kier molecular flexibility index (Phi) is 7.39. The van der Waals surface area contributed by atoms with Gasteiger partial charge in [0.15, 0.2) is 0 Å². The summed E-state index contributed by atoms with van der Waals surface area (Å²) in [6, 6.07) is 3.71. The molecule has 0 radical (unpaired) electrons. The first kappa shape index (κ1) is 17.7. The van der Waals surface area contributed by atoms with Crippen molar-refractivity contribution >= 4 is 23.2 Å². The number of nitrogens with one attached hydrogen (secondary N) is 2. The van der Waals surface area contributed by atoms with Crippen LogP contribution in [0.1, 0.15) is 30.0 Å². The molecule has 0 fully saturated rings. The lowest BCUT2D eigenvalue weighted by Gasteiger charge is -2.18. The van der Waals surface area contributed by atoms with E-state index < -0.39 is 0 Å². The molecule has 1 aromatic rings. The van der Waals surface area contributed by atoms with Gasteiger partial charge < -0.3 is 15.4 Å². The van der Waals surface area contributed by atoms with E-state index in [1.807, 2.05) is 12.1 Å². The van der Waals surface area contributed by atoms with Crippen LogP contribution in [0.3, 0.4) is 0 Å². The van der Waals surface area contributed by atoms with Crippen molar-refractivity contribution in [2.24, 2.45) is 5.92 Å². The smallest absolute Gasteiger partial charge is 0.310 e. The number of thiophene rings is 1. The monoisotopic (exact) mass is 312 g/mol. The Labute approximate surface area is 130 Å². The third kappa shape index (κ3) is 6.27. The lowest BCUT2D eigenvalue weighted by atomic mass is 10.0. The minimum Gasteiger partial charge on any atom is -0.469 e. The van der Waals surface area contributed by atoms with E-state index in [2.05, 4.69) is 29.2 Å². The van der Waals surface area contributed by atoms with Crippen molar-refractivity contribution in [2.45, 2.75) is 39.3 Å². The largest absolute Gasteiger partial charge is 0.469 e. The summed E-state index contributed by atoms with van der Waals surface area (Å²) >= 11 is 1.56. The lowest BCUT2D eigenvalue weighted by Crippen LogP contribution is -2.43. The maximum Gasteiger partial charge on any atom is 0.310 e. The molecule has 1 amide bonds. The molecule has 5 nitrogen and oxygen atoms in total. The molecule has 1 heterocycles. The number of amides is 1. The number of ether oxygens (including phenoxy) is 1. The van der Waals surface area contributed by atoms with Crippen LogP contribution < -0.4 is 10.6 Å². The Morgan fingerprint density at radius 3 is 2.52 bits per heavy atom. The highest BCUT2D eigenvalue weighted by atomic mass is 32.1. The van der Waals surface area contributed by atoms with Gasteiger partial charge in [0, 0.05) is 23.3 Å². The van der Waals surface area contributed by atoms with Crippen LogP contribution in [-0.4, -0.2) is 32.1 Å². The molecular formula is C15H24N2O3S. The molecule has 0 saturated heterocycles. The molecule has 0 aliphatic heterocycles. The van der Waals surface area contributed by atoms with Gasteiger partial charge in [-0.3, -0.25) is 9.59 Å². The zero-order valence-electron chi connectivity index (χ0n) is 13.1. The number of hydrogen-bond donors (Lipinski definition) is 2. The first-order valence-electron chi connectivity index (χ1n) is 7.05. The van der Waals surface area contributed by atoms with Crippen LogP contribution in [0.15, 0.2) is 12.1 Å². The lowest BCUT2D eigenvalue weighted by molar-refractivity contribution is -0.139. The van der Waals surface area contributed by atoms with Crippen molar-refractivity contribution < 1.29 is 14.3 Å². The molecule has 1 aromatic heterocycles. The van der Waals surface area contributed by atoms with Crippen LogP contribution in [0.5, 0.6) is 0 Å². The van der Waals surface area contributed by atoms with Gasteiger partial charge in [-0.25, -0.2) is 0 Å². The molecule has 0 aliphatic rings. The quantitative estimate of drug-likeness (QED) is 0.717. The molecule has 21 heavy (non-hydrogen) atoms. The zero-order valence-corrected chi connectivity index (χ0v) is 13.9. The fraction of sp³-hybridized carbons (Fsp3) is 0.600. The molecule has 6 heteroatoms. The number of carbonyl (C=O) groups is 2. The Balaban J connectivity index is 2.55. The van der Waals surface area contributed by atoms with E-state index >= 15 is 0 Å². The van der Waals surface area contributed by atoms with Crippen molar-refractivity contribution in [3.63, 3.8) is 0 Å². The topological polar surface area (TPSA) is 67.4 Å². The molecule has 0 spiro atoms. The highest BCUT2D eigenvalue weighted by Crippen LogP contribution is 2.18. The molecule has 0 saturated carbocycles. The highest BCUT2D eigenvalue weighted by molar-refractivity contribution is 7.12. The van der Waals surface area contributed by atoms with E-state index in [4.69, 9.17) is 0 Å². The SMILES string of the molecule is CNC(=O)C(CC(C)C)NCc1ccc(CC(=O)OC)s1. The summed E-state index contributed by atoms with van der Waals surface area (Å²) < 4.78 is 4.65. The van der Waals surface area contributed by atoms with Gasteiger partial charge in [-0.05, 0) is 24.5 Å². The van der Waals surface area contributed by atoms with Crippen LogP contribution in [-0.2, 0) is 27.3 Å². The Bertz CT molecular complexity index is 471. The second kappa shape index (κ2) is 8.79. The van der Waals surface area contributed by atoms with Gasteiger partial charge in [-0.1, -0.05) is 13.8 Å². The summed E-state index contributed by atoms with van der Waals surface area (Å²) in [5.74, 6) is 0.215. The van der Waals surface area contributed by atoms with E-state index in [0.29, 0.717) is 18.9 Å². The van der Waals surface area contributed by atoms with Crippen molar-refractivity contribution in [1.29, 1.82) is 0 Å². The minimum absolute atomic E-state index is 0.00930. The number of hydrogen-bond acceptors (Lipinski definition) is 5. The van der Waals surface area contributed by atoms with Gasteiger partial charge >= 0.3 is 5.97 Å². The standard InChI is InChI=1S/C15H24N2O3S/c1-10(2)7-13(15(19)16-3)17-9-12-6-5-11(21-12)8-14(18)20-4/h5-6,10,13,17H,7-9H2,1-4H3,(H,16,19). The Morgan fingerprint density at radius 2 is 1.95 bits per heavy atom. The van der Waals surface area contributed by atoms with E-state index in [-0.39, 0.29) is 17.9 Å².